The van der Waals surface area contributed by atoms with E-state index in [4.69, 9.17) is 17.3 Å². The number of hydrogen-bond acceptors (Lipinski definition) is 2. The van der Waals surface area contributed by atoms with Gasteiger partial charge >= 0.3 is 0 Å². The monoisotopic (exact) mass is 220 g/mol. The van der Waals surface area contributed by atoms with Crippen LogP contribution < -0.4 is 5.73 Å². The van der Waals surface area contributed by atoms with Crippen molar-refractivity contribution in [2.75, 3.05) is 0 Å². The lowest BCUT2D eigenvalue weighted by molar-refractivity contribution is 1.02. The maximum Gasteiger partial charge on any atom is 0.0749 e. The van der Waals surface area contributed by atoms with E-state index >= 15 is 0 Å². The van der Waals surface area contributed by atoms with Gasteiger partial charge in [0.25, 0.3) is 0 Å². The first-order valence-corrected chi connectivity index (χ1v) is 5.26. The van der Waals surface area contributed by atoms with Gasteiger partial charge in [-0.05, 0) is 37.1 Å². The molecule has 2 rings (SSSR count). The van der Waals surface area contributed by atoms with Gasteiger partial charge in [-0.15, -0.1) is 0 Å². The standard InChI is InChI=1S/C12H13ClN2/c1-7-11(13)4-3-9-5-10(6-14)8(2)15-12(7)9/h3-5H,6,14H2,1-2H3. The summed E-state index contributed by atoms with van der Waals surface area (Å²) >= 11 is 6.05. The molecule has 0 fully saturated rings. The third kappa shape index (κ3) is 1.71. The van der Waals surface area contributed by atoms with Crippen LogP contribution in [0, 0.1) is 13.8 Å². The molecule has 15 heavy (non-hydrogen) atoms. The summed E-state index contributed by atoms with van der Waals surface area (Å²) in [6.45, 7) is 4.48. The number of hydrogen-bond donors (Lipinski definition) is 1. The van der Waals surface area contributed by atoms with E-state index in [1.807, 2.05) is 26.0 Å². The normalized spacial score (nSPS) is 10.9. The lowest BCUT2D eigenvalue weighted by Gasteiger charge is -2.08. The van der Waals surface area contributed by atoms with Crippen LogP contribution in [0.2, 0.25) is 5.02 Å². The van der Waals surface area contributed by atoms with Gasteiger partial charge in [0, 0.05) is 22.6 Å². The van der Waals surface area contributed by atoms with Crippen LogP contribution in [-0.2, 0) is 6.54 Å². The van der Waals surface area contributed by atoms with Crippen LogP contribution in [0.1, 0.15) is 16.8 Å². The van der Waals surface area contributed by atoms with Gasteiger partial charge in [0.2, 0.25) is 0 Å². The molecule has 2 aromatic rings. The Kier molecular flexibility index (Phi) is 2.63. The van der Waals surface area contributed by atoms with Crippen molar-refractivity contribution < 1.29 is 0 Å². The highest BCUT2D eigenvalue weighted by molar-refractivity contribution is 6.32. The summed E-state index contributed by atoms with van der Waals surface area (Å²) < 4.78 is 0. The Balaban J connectivity index is 2.81. The molecule has 3 heteroatoms. The number of rotatable bonds is 1. The van der Waals surface area contributed by atoms with E-state index in [0.717, 1.165) is 32.7 Å². The first kappa shape index (κ1) is 10.4. The Bertz CT molecular complexity index is 521. The Morgan fingerprint density at radius 2 is 2.07 bits per heavy atom. The second-order valence-corrected chi connectivity index (χ2v) is 4.09. The minimum atomic E-state index is 0.524. The molecule has 0 amide bonds. The van der Waals surface area contributed by atoms with E-state index in [0.29, 0.717) is 6.54 Å². The summed E-state index contributed by atoms with van der Waals surface area (Å²) in [5.41, 5.74) is 9.71. The first-order valence-electron chi connectivity index (χ1n) is 4.89. The molecule has 0 unspecified atom stereocenters. The summed E-state index contributed by atoms with van der Waals surface area (Å²) in [5.74, 6) is 0. The second-order valence-electron chi connectivity index (χ2n) is 3.68. The molecule has 0 saturated carbocycles. The Hall–Kier alpha value is -1.12. The van der Waals surface area contributed by atoms with Crippen molar-refractivity contribution >= 4 is 22.5 Å². The van der Waals surface area contributed by atoms with Crippen LogP contribution >= 0.6 is 11.6 Å². The minimum Gasteiger partial charge on any atom is -0.326 e. The number of pyridine rings is 1. The number of nitrogens with zero attached hydrogens (tertiary/aromatic N) is 1. The number of benzene rings is 1. The van der Waals surface area contributed by atoms with Crippen molar-refractivity contribution in [2.24, 2.45) is 5.73 Å². The lowest BCUT2D eigenvalue weighted by Crippen LogP contribution is -2.01. The molecular formula is C12H13ClN2. The summed E-state index contributed by atoms with van der Waals surface area (Å²) in [7, 11) is 0. The van der Waals surface area contributed by atoms with Crippen molar-refractivity contribution in [2.45, 2.75) is 20.4 Å². The van der Waals surface area contributed by atoms with E-state index in [1.54, 1.807) is 0 Å². The van der Waals surface area contributed by atoms with Crippen LogP contribution in [0.4, 0.5) is 0 Å². The van der Waals surface area contributed by atoms with Crippen molar-refractivity contribution in [3.8, 4) is 0 Å². The zero-order valence-corrected chi connectivity index (χ0v) is 9.60. The Morgan fingerprint density at radius 3 is 2.73 bits per heavy atom. The zero-order chi connectivity index (χ0) is 11.0. The van der Waals surface area contributed by atoms with Gasteiger partial charge in [-0.2, -0.15) is 0 Å². The third-order valence-electron chi connectivity index (χ3n) is 2.69. The molecule has 0 spiro atoms. The molecule has 0 aliphatic carbocycles. The van der Waals surface area contributed by atoms with E-state index in [1.165, 1.54) is 0 Å². The fourth-order valence-electron chi connectivity index (χ4n) is 1.70. The predicted octanol–water partition coefficient (Wildman–Crippen LogP) is 2.96. The number of fused-ring (bicyclic) bond motifs is 1. The van der Waals surface area contributed by atoms with Crippen LogP contribution in [0.25, 0.3) is 10.9 Å². The summed E-state index contributed by atoms with van der Waals surface area (Å²) in [6, 6.07) is 5.97. The highest BCUT2D eigenvalue weighted by Gasteiger charge is 2.06. The number of aromatic nitrogens is 1. The Morgan fingerprint density at radius 1 is 1.33 bits per heavy atom. The van der Waals surface area contributed by atoms with Gasteiger partial charge in [-0.3, -0.25) is 4.98 Å². The number of aryl methyl sites for hydroxylation is 2. The number of nitrogens with two attached hydrogens (primary N) is 1. The van der Waals surface area contributed by atoms with Gasteiger partial charge < -0.3 is 5.73 Å². The largest absolute Gasteiger partial charge is 0.326 e. The second kappa shape index (κ2) is 3.80. The molecule has 0 atom stereocenters. The quantitative estimate of drug-likeness (QED) is 0.803. The van der Waals surface area contributed by atoms with Gasteiger partial charge in [-0.1, -0.05) is 17.7 Å². The average Bonchev–Trinajstić information content (AvgIpc) is 2.24. The van der Waals surface area contributed by atoms with Crippen molar-refractivity contribution in [3.63, 3.8) is 0 Å². The van der Waals surface area contributed by atoms with Crippen LogP contribution in [0.15, 0.2) is 18.2 Å². The zero-order valence-electron chi connectivity index (χ0n) is 8.84. The van der Waals surface area contributed by atoms with E-state index in [9.17, 15) is 0 Å². The maximum atomic E-state index is 6.05. The highest BCUT2D eigenvalue weighted by atomic mass is 35.5. The van der Waals surface area contributed by atoms with Gasteiger partial charge in [0.15, 0.2) is 0 Å². The van der Waals surface area contributed by atoms with E-state index < -0.39 is 0 Å². The predicted molar refractivity (Wildman–Crippen MR) is 64.1 cm³/mol. The third-order valence-corrected chi connectivity index (χ3v) is 3.10. The molecule has 0 aliphatic rings. The lowest BCUT2D eigenvalue weighted by atomic mass is 10.1. The molecule has 78 valence electrons. The fourth-order valence-corrected chi connectivity index (χ4v) is 1.85. The van der Waals surface area contributed by atoms with Crippen LogP contribution in [-0.4, -0.2) is 4.98 Å². The summed E-state index contributed by atoms with van der Waals surface area (Å²) in [5, 5.41) is 1.86. The fraction of sp³-hybridized carbons (Fsp3) is 0.250. The van der Waals surface area contributed by atoms with Crippen molar-refractivity contribution in [1.29, 1.82) is 0 Å². The molecule has 1 aromatic heterocycles. The molecule has 0 bridgehead atoms. The van der Waals surface area contributed by atoms with Gasteiger partial charge in [0.1, 0.15) is 0 Å². The van der Waals surface area contributed by atoms with Crippen LogP contribution in [0.3, 0.4) is 0 Å². The average molecular weight is 221 g/mol. The Labute approximate surface area is 94.1 Å². The SMILES string of the molecule is Cc1nc2c(C)c(Cl)ccc2cc1CN. The molecule has 0 aliphatic heterocycles. The molecule has 2 N–H and O–H groups in total. The molecule has 2 nitrogen and oxygen atoms in total. The minimum absolute atomic E-state index is 0.524. The molecule has 0 saturated heterocycles. The molecular weight excluding hydrogens is 208 g/mol. The van der Waals surface area contributed by atoms with E-state index in [2.05, 4.69) is 11.1 Å². The molecule has 1 heterocycles. The van der Waals surface area contributed by atoms with E-state index in [-0.39, 0.29) is 0 Å². The summed E-state index contributed by atoms with van der Waals surface area (Å²) in [6.07, 6.45) is 0. The van der Waals surface area contributed by atoms with Crippen molar-refractivity contribution in [1.82, 2.24) is 4.98 Å². The molecule has 1 aromatic carbocycles. The highest BCUT2D eigenvalue weighted by Crippen LogP contribution is 2.25. The summed E-state index contributed by atoms with van der Waals surface area (Å²) in [4.78, 5) is 4.54. The van der Waals surface area contributed by atoms with Gasteiger partial charge in [-0.25, -0.2) is 0 Å². The first-order chi connectivity index (χ1) is 7.13. The van der Waals surface area contributed by atoms with Crippen molar-refractivity contribution in [3.05, 3.63) is 40.0 Å². The maximum absolute atomic E-state index is 6.05. The van der Waals surface area contributed by atoms with Crippen LogP contribution in [0.5, 0.6) is 0 Å². The van der Waals surface area contributed by atoms with Gasteiger partial charge in [0.05, 0.1) is 5.52 Å². The molecule has 0 radical (unpaired) electrons. The number of halogens is 1. The topological polar surface area (TPSA) is 38.9 Å². The smallest absolute Gasteiger partial charge is 0.0749 e.